The summed E-state index contributed by atoms with van der Waals surface area (Å²) in [5, 5.41) is 9.20. The van der Waals surface area contributed by atoms with E-state index < -0.39 is 35.8 Å². The van der Waals surface area contributed by atoms with E-state index in [2.05, 4.69) is 0 Å². The largest absolute Gasteiger partial charge is 0.508 e. The maximum absolute atomic E-state index is 10.9. The molecule has 1 aromatic carbocycles. The van der Waals surface area contributed by atoms with Crippen LogP contribution in [0, 0.1) is 6.92 Å². The van der Waals surface area contributed by atoms with Gasteiger partial charge in [-0.1, -0.05) is 0 Å². The van der Waals surface area contributed by atoms with Gasteiger partial charge in [0, 0.05) is 5.56 Å². The van der Waals surface area contributed by atoms with Crippen LogP contribution >= 0.6 is 0 Å². The summed E-state index contributed by atoms with van der Waals surface area (Å²) < 4.78 is 61.2. The van der Waals surface area contributed by atoms with Gasteiger partial charge in [0.1, 0.15) is 15.5 Å². The molecule has 0 aliphatic carbocycles. The van der Waals surface area contributed by atoms with Gasteiger partial charge in [-0.05, 0) is 19.1 Å². The van der Waals surface area contributed by atoms with Crippen LogP contribution < -0.4 is 6.15 Å². The molecular weight excluding hydrogens is 274 g/mol. The van der Waals surface area contributed by atoms with Crippen LogP contribution in [0.4, 0.5) is 0 Å². The number of benzene rings is 1. The van der Waals surface area contributed by atoms with E-state index in [0.29, 0.717) is 6.07 Å². The Morgan fingerprint density at radius 2 is 1.47 bits per heavy atom. The Morgan fingerprint density at radius 1 is 1.00 bits per heavy atom. The van der Waals surface area contributed by atoms with Crippen molar-refractivity contribution in [3.63, 3.8) is 0 Å². The van der Waals surface area contributed by atoms with Gasteiger partial charge in [-0.3, -0.25) is 9.11 Å². The normalized spacial score (nSPS) is 11.9. The minimum atomic E-state index is -4.87. The van der Waals surface area contributed by atoms with E-state index in [9.17, 15) is 21.9 Å². The summed E-state index contributed by atoms with van der Waals surface area (Å²) >= 11 is 0. The molecule has 1 rings (SSSR count). The van der Waals surface area contributed by atoms with E-state index >= 15 is 0 Å². The first-order valence-corrected chi connectivity index (χ1v) is 6.70. The zero-order chi connectivity index (χ0) is 12.7. The Hall–Kier alpha value is -1.20. The quantitative estimate of drug-likeness (QED) is 0.565. The maximum atomic E-state index is 10.9. The number of phenols is 1. The number of hydrogen-bond acceptors (Lipinski definition) is 6. The number of hydrogen-bond donors (Lipinski definition) is 4. The highest BCUT2D eigenvalue weighted by atomic mass is 32.2. The fraction of sp³-hybridized carbons (Fsp3) is 0.143. The summed E-state index contributed by atoms with van der Waals surface area (Å²) in [6, 6.07) is 1.58. The predicted molar refractivity (Wildman–Crippen MR) is 57.5 cm³/mol. The van der Waals surface area contributed by atoms with Gasteiger partial charge in [0.2, 0.25) is 0 Å². The third-order valence-electron chi connectivity index (χ3n) is 1.88. The van der Waals surface area contributed by atoms with Crippen molar-refractivity contribution in [2.75, 3.05) is 0 Å². The lowest BCUT2D eigenvalue weighted by Gasteiger charge is -2.08. The van der Waals surface area contributed by atoms with Crippen molar-refractivity contribution in [1.82, 2.24) is 6.15 Å². The van der Waals surface area contributed by atoms with Gasteiger partial charge in [-0.25, -0.2) is 0 Å². The Bertz CT molecular complexity index is 632. The van der Waals surface area contributed by atoms with Crippen LogP contribution in [0.15, 0.2) is 21.9 Å². The average molecular weight is 285 g/mol. The molecule has 0 spiro atoms. The van der Waals surface area contributed by atoms with Crippen LogP contribution in [0.3, 0.4) is 0 Å². The van der Waals surface area contributed by atoms with Crippen LogP contribution in [0.1, 0.15) is 5.56 Å². The summed E-state index contributed by atoms with van der Waals surface area (Å²) in [4.78, 5) is -2.01. The Kier molecular flexibility index (Phi) is 4.26. The second-order valence-corrected chi connectivity index (χ2v) is 5.74. The van der Waals surface area contributed by atoms with Gasteiger partial charge in [0.25, 0.3) is 20.2 Å². The number of phenolic OH excluding ortho intramolecular Hbond substituents is 1. The molecule has 0 aliphatic rings. The van der Waals surface area contributed by atoms with Crippen molar-refractivity contribution < 1.29 is 31.0 Å². The molecule has 0 unspecified atom stereocenters. The Morgan fingerprint density at radius 3 is 1.82 bits per heavy atom. The first-order chi connectivity index (χ1) is 7.05. The third kappa shape index (κ3) is 3.14. The zero-order valence-electron chi connectivity index (χ0n) is 8.65. The molecule has 17 heavy (non-hydrogen) atoms. The fourth-order valence-corrected chi connectivity index (χ4v) is 3.25. The van der Waals surface area contributed by atoms with Crippen molar-refractivity contribution in [1.29, 1.82) is 0 Å². The molecule has 0 amide bonds. The fourth-order valence-electron chi connectivity index (χ4n) is 1.18. The molecule has 10 heteroatoms. The predicted octanol–water partition coefficient (Wildman–Crippen LogP) is 0.356. The zero-order valence-corrected chi connectivity index (χ0v) is 10.3. The standard InChI is InChI=1S/C7H8O7S2.H3N/c1-4-5(8)2-3-6(15(9,10)11)7(4)16(12,13)14;/h2-3,8H,1H3,(H,9,10,11)(H,12,13,14);1H3. The third-order valence-corrected chi connectivity index (χ3v) is 3.94. The van der Waals surface area contributed by atoms with Gasteiger partial charge >= 0.3 is 0 Å². The van der Waals surface area contributed by atoms with E-state index in [4.69, 9.17) is 9.11 Å². The molecular formula is C7H11NO7S2. The van der Waals surface area contributed by atoms with E-state index in [-0.39, 0.29) is 11.7 Å². The topological polar surface area (TPSA) is 164 Å². The van der Waals surface area contributed by atoms with E-state index in [1.54, 1.807) is 0 Å². The molecule has 0 bridgehead atoms. The number of aromatic hydroxyl groups is 1. The van der Waals surface area contributed by atoms with Crippen LogP contribution in [0.5, 0.6) is 5.75 Å². The average Bonchev–Trinajstić information content (AvgIpc) is 2.05. The lowest BCUT2D eigenvalue weighted by Crippen LogP contribution is -2.10. The van der Waals surface area contributed by atoms with Crippen LogP contribution in [-0.4, -0.2) is 31.0 Å². The second kappa shape index (κ2) is 4.58. The molecule has 0 aromatic heterocycles. The molecule has 6 N–H and O–H groups in total. The van der Waals surface area contributed by atoms with Crippen molar-refractivity contribution in [2.24, 2.45) is 0 Å². The van der Waals surface area contributed by atoms with E-state index in [1.807, 2.05) is 0 Å². The minimum absolute atomic E-state index is 0. The monoisotopic (exact) mass is 285 g/mol. The summed E-state index contributed by atoms with van der Waals surface area (Å²) in [5.74, 6) is -0.514. The van der Waals surface area contributed by atoms with E-state index in [1.165, 1.54) is 0 Å². The van der Waals surface area contributed by atoms with Crippen molar-refractivity contribution in [3.8, 4) is 5.75 Å². The molecule has 0 radical (unpaired) electrons. The highest BCUT2D eigenvalue weighted by molar-refractivity contribution is 7.89. The van der Waals surface area contributed by atoms with E-state index in [0.717, 1.165) is 13.0 Å². The second-order valence-electron chi connectivity index (χ2n) is 2.99. The first kappa shape index (κ1) is 15.8. The molecule has 0 atom stereocenters. The highest BCUT2D eigenvalue weighted by Crippen LogP contribution is 2.30. The SMILES string of the molecule is Cc1c(O)ccc(S(=O)(=O)O)c1S(=O)(=O)O.N. The lowest BCUT2D eigenvalue weighted by atomic mass is 10.2. The summed E-state index contributed by atoms with van der Waals surface area (Å²) in [5.41, 5.74) is -0.363. The molecule has 98 valence electrons. The summed E-state index contributed by atoms with van der Waals surface area (Å²) in [7, 11) is -9.68. The van der Waals surface area contributed by atoms with Gasteiger partial charge < -0.3 is 11.3 Å². The lowest BCUT2D eigenvalue weighted by molar-refractivity contribution is 0.452. The molecule has 0 saturated carbocycles. The smallest absolute Gasteiger partial charge is 0.296 e. The Labute approximate surface area is 98.0 Å². The van der Waals surface area contributed by atoms with Crippen molar-refractivity contribution >= 4 is 20.2 Å². The summed E-state index contributed by atoms with van der Waals surface area (Å²) in [6.07, 6.45) is 0. The van der Waals surface area contributed by atoms with Crippen molar-refractivity contribution in [3.05, 3.63) is 17.7 Å². The summed E-state index contributed by atoms with van der Waals surface area (Å²) in [6.45, 7) is 1.09. The number of rotatable bonds is 2. The molecule has 0 saturated heterocycles. The molecule has 8 nitrogen and oxygen atoms in total. The van der Waals surface area contributed by atoms with Gasteiger partial charge in [-0.2, -0.15) is 16.8 Å². The van der Waals surface area contributed by atoms with Gasteiger partial charge in [0.05, 0.1) is 0 Å². The molecule has 0 heterocycles. The van der Waals surface area contributed by atoms with Gasteiger partial charge in [-0.15, -0.1) is 0 Å². The maximum Gasteiger partial charge on any atom is 0.296 e. The van der Waals surface area contributed by atoms with Crippen LogP contribution in [0.25, 0.3) is 0 Å². The highest BCUT2D eigenvalue weighted by Gasteiger charge is 2.27. The first-order valence-electron chi connectivity index (χ1n) is 3.82. The molecule has 1 aromatic rings. The Balaban J connectivity index is 0.00000256. The molecule has 0 aliphatic heterocycles. The van der Waals surface area contributed by atoms with Crippen molar-refractivity contribution in [2.45, 2.75) is 16.7 Å². The van der Waals surface area contributed by atoms with Crippen LogP contribution in [-0.2, 0) is 20.2 Å². The minimum Gasteiger partial charge on any atom is -0.508 e. The molecule has 0 fully saturated rings. The van der Waals surface area contributed by atoms with Crippen LogP contribution in [0.2, 0.25) is 0 Å². The van der Waals surface area contributed by atoms with Gasteiger partial charge in [0.15, 0.2) is 0 Å².